The summed E-state index contributed by atoms with van der Waals surface area (Å²) in [6.45, 7) is 3.76. The van der Waals surface area contributed by atoms with Gasteiger partial charge in [-0.3, -0.25) is 9.97 Å². The zero-order valence-corrected chi connectivity index (χ0v) is 16.0. The minimum absolute atomic E-state index is 0.0652. The van der Waals surface area contributed by atoms with Gasteiger partial charge < -0.3 is 21.1 Å². The average Bonchev–Trinajstić information content (AvgIpc) is 2.70. The summed E-state index contributed by atoms with van der Waals surface area (Å²) >= 11 is 0. The molecule has 4 N–H and O–H groups in total. The quantitative estimate of drug-likeness (QED) is 0.447. The summed E-state index contributed by atoms with van der Waals surface area (Å²) in [7, 11) is 0. The Bertz CT molecular complexity index is 1040. The van der Waals surface area contributed by atoms with Crippen LogP contribution in [0.5, 0.6) is 0 Å². The zero-order chi connectivity index (χ0) is 21.0. The third-order valence-electron chi connectivity index (χ3n) is 4.27. The number of halogens is 2. The van der Waals surface area contributed by atoms with Crippen molar-refractivity contribution in [3.8, 4) is 11.3 Å². The van der Waals surface area contributed by atoms with E-state index in [1.165, 1.54) is 0 Å². The summed E-state index contributed by atoms with van der Waals surface area (Å²) < 4.78 is 27.7. The Morgan fingerprint density at radius 2 is 1.97 bits per heavy atom. The van der Waals surface area contributed by atoms with E-state index < -0.39 is 17.7 Å². The number of hydrogen-bond donors (Lipinski definition) is 4. The lowest BCUT2D eigenvalue weighted by Crippen LogP contribution is -2.17. The predicted octanol–water partition coefficient (Wildman–Crippen LogP) is 4.26. The molecule has 0 saturated carbocycles. The molecule has 6 nitrogen and oxygen atoms in total. The van der Waals surface area contributed by atoms with Crippen LogP contribution < -0.4 is 10.6 Å². The summed E-state index contributed by atoms with van der Waals surface area (Å²) in [6, 6.07) is 6.58. The van der Waals surface area contributed by atoms with Crippen LogP contribution in [0.15, 0.2) is 42.7 Å². The van der Waals surface area contributed by atoms with Crippen molar-refractivity contribution in [1.82, 2.24) is 9.97 Å². The fourth-order valence-electron chi connectivity index (χ4n) is 2.77. The second kappa shape index (κ2) is 8.74. The average molecular weight is 397 g/mol. The number of nitrogens with one attached hydrogen (secondary N) is 3. The van der Waals surface area contributed by atoms with Crippen molar-refractivity contribution in [3.05, 3.63) is 65.6 Å². The number of anilines is 3. The van der Waals surface area contributed by atoms with Gasteiger partial charge in [0.1, 0.15) is 17.3 Å². The van der Waals surface area contributed by atoms with E-state index in [1.54, 1.807) is 31.5 Å². The summed E-state index contributed by atoms with van der Waals surface area (Å²) in [5.74, 6) is -1.12. The highest BCUT2D eigenvalue weighted by Crippen LogP contribution is 2.31. The molecule has 2 aromatic heterocycles. The molecule has 0 bridgehead atoms. The van der Waals surface area contributed by atoms with Crippen LogP contribution in [0.25, 0.3) is 11.3 Å². The van der Waals surface area contributed by atoms with Crippen molar-refractivity contribution in [3.63, 3.8) is 0 Å². The molecule has 1 aromatic carbocycles. The number of pyridine rings is 2. The number of aromatic nitrogens is 2. The first-order valence-electron chi connectivity index (χ1n) is 8.99. The minimum atomic E-state index is -0.591. The van der Waals surface area contributed by atoms with Crippen LogP contribution in [0.1, 0.15) is 18.2 Å². The largest absolute Gasteiger partial charge is 0.392 e. The van der Waals surface area contributed by atoms with Crippen LogP contribution in [-0.2, 0) is 0 Å². The molecule has 0 radical (unpaired) electrons. The second-order valence-corrected chi connectivity index (χ2v) is 6.63. The topological polar surface area (TPSA) is 93.9 Å². The number of hydrogen-bond acceptors (Lipinski definition) is 6. The number of aryl methyl sites for hydroxylation is 1. The molecule has 3 aromatic rings. The molecule has 0 aliphatic heterocycles. The van der Waals surface area contributed by atoms with E-state index >= 15 is 0 Å². The second-order valence-electron chi connectivity index (χ2n) is 6.63. The Balaban J connectivity index is 2.00. The van der Waals surface area contributed by atoms with Crippen molar-refractivity contribution < 1.29 is 13.9 Å². The van der Waals surface area contributed by atoms with Gasteiger partial charge in [0.2, 0.25) is 0 Å². The molecule has 2 heterocycles. The standard InChI is InChI=1S/C21H21F2N5O/c1-12-10-26-19(15-7-14(22)3-4-16(15)23)8-18(12)28-17-5-6-25-20(9-24)21(17)27-11-13(2)29/h3-10,13,24,27,29H,11H2,1-2H3,(H,25,26,28). The van der Waals surface area contributed by atoms with Crippen LogP contribution in [0.2, 0.25) is 0 Å². The number of rotatable bonds is 7. The van der Waals surface area contributed by atoms with Gasteiger partial charge in [0.05, 0.1) is 23.2 Å². The lowest BCUT2D eigenvalue weighted by Gasteiger charge is -2.18. The summed E-state index contributed by atoms with van der Waals surface area (Å²) in [5.41, 5.74) is 3.36. The Hall–Kier alpha value is -3.39. The van der Waals surface area contributed by atoms with Gasteiger partial charge in [0, 0.05) is 36.4 Å². The van der Waals surface area contributed by atoms with Crippen LogP contribution in [0.4, 0.5) is 25.8 Å². The SMILES string of the molecule is Cc1cnc(-c2cc(F)ccc2F)cc1Nc1ccnc(C=N)c1NCC(C)O. The molecule has 0 fully saturated rings. The Morgan fingerprint density at radius 3 is 2.69 bits per heavy atom. The van der Waals surface area contributed by atoms with Crippen molar-refractivity contribution in [2.75, 3.05) is 17.2 Å². The summed E-state index contributed by atoms with van der Waals surface area (Å²) in [5, 5.41) is 23.5. The number of aliphatic hydroxyl groups excluding tert-OH is 1. The van der Waals surface area contributed by atoms with Gasteiger partial charge in [-0.1, -0.05) is 0 Å². The van der Waals surface area contributed by atoms with E-state index in [9.17, 15) is 13.9 Å². The first-order chi connectivity index (χ1) is 13.9. The van der Waals surface area contributed by atoms with Gasteiger partial charge in [-0.05, 0) is 49.7 Å². The molecule has 150 valence electrons. The third-order valence-corrected chi connectivity index (χ3v) is 4.27. The molecule has 0 aliphatic carbocycles. The van der Waals surface area contributed by atoms with Gasteiger partial charge in [-0.2, -0.15) is 0 Å². The Morgan fingerprint density at radius 1 is 1.17 bits per heavy atom. The molecule has 8 heteroatoms. The highest BCUT2D eigenvalue weighted by molar-refractivity contribution is 5.90. The molecular weight excluding hydrogens is 376 g/mol. The molecule has 0 saturated heterocycles. The van der Waals surface area contributed by atoms with Gasteiger partial charge in [-0.15, -0.1) is 0 Å². The molecule has 3 rings (SSSR count). The molecule has 0 amide bonds. The fourth-order valence-corrected chi connectivity index (χ4v) is 2.77. The highest BCUT2D eigenvalue weighted by Gasteiger charge is 2.13. The highest BCUT2D eigenvalue weighted by atomic mass is 19.1. The number of benzene rings is 1. The van der Waals surface area contributed by atoms with Crippen molar-refractivity contribution in [1.29, 1.82) is 5.41 Å². The Labute approximate surface area is 167 Å². The zero-order valence-electron chi connectivity index (χ0n) is 16.0. The van der Waals surface area contributed by atoms with E-state index in [4.69, 9.17) is 5.41 Å². The van der Waals surface area contributed by atoms with Crippen LogP contribution in [0.3, 0.4) is 0 Å². The first kappa shape index (κ1) is 20.3. The van der Waals surface area contributed by atoms with Crippen LogP contribution in [-0.4, -0.2) is 33.9 Å². The predicted molar refractivity (Wildman–Crippen MR) is 110 cm³/mol. The van der Waals surface area contributed by atoms with E-state index in [-0.39, 0.29) is 17.8 Å². The van der Waals surface area contributed by atoms with Gasteiger partial charge in [0.15, 0.2) is 0 Å². The maximum Gasteiger partial charge on any atom is 0.132 e. The van der Waals surface area contributed by atoms with Crippen molar-refractivity contribution in [2.45, 2.75) is 20.0 Å². The Kier molecular flexibility index (Phi) is 6.13. The normalized spacial score (nSPS) is 11.8. The van der Waals surface area contributed by atoms with Crippen molar-refractivity contribution >= 4 is 23.3 Å². The lowest BCUT2D eigenvalue weighted by molar-refractivity contribution is 0.208. The van der Waals surface area contributed by atoms with Gasteiger partial charge in [0.25, 0.3) is 0 Å². The van der Waals surface area contributed by atoms with Crippen LogP contribution in [0, 0.1) is 24.0 Å². The minimum Gasteiger partial charge on any atom is -0.392 e. The molecule has 29 heavy (non-hydrogen) atoms. The maximum atomic E-state index is 14.2. The summed E-state index contributed by atoms with van der Waals surface area (Å²) in [4.78, 5) is 8.38. The number of aliphatic hydroxyl groups is 1. The van der Waals surface area contributed by atoms with E-state index in [0.717, 1.165) is 30.0 Å². The molecule has 1 atom stereocenters. The monoisotopic (exact) mass is 397 g/mol. The lowest BCUT2D eigenvalue weighted by atomic mass is 10.1. The fraction of sp³-hybridized carbons (Fsp3) is 0.190. The third kappa shape index (κ3) is 4.72. The molecule has 0 aliphatic rings. The first-order valence-corrected chi connectivity index (χ1v) is 8.99. The van der Waals surface area contributed by atoms with Gasteiger partial charge in [-0.25, -0.2) is 8.78 Å². The van der Waals surface area contributed by atoms with E-state index in [2.05, 4.69) is 20.6 Å². The van der Waals surface area contributed by atoms with Crippen molar-refractivity contribution in [2.24, 2.45) is 0 Å². The van der Waals surface area contributed by atoms with Gasteiger partial charge >= 0.3 is 0 Å². The summed E-state index contributed by atoms with van der Waals surface area (Å²) in [6.07, 6.45) is 3.65. The smallest absolute Gasteiger partial charge is 0.132 e. The van der Waals surface area contributed by atoms with E-state index in [0.29, 0.717) is 22.8 Å². The van der Waals surface area contributed by atoms with E-state index in [1.807, 2.05) is 6.92 Å². The van der Waals surface area contributed by atoms with Crippen LogP contribution >= 0.6 is 0 Å². The maximum absolute atomic E-state index is 14.2. The molecular formula is C21H21F2N5O. The molecule has 1 unspecified atom stereocenters. The molecule has 0 spiro atoms. The number of nitrogens with zero attached hydrogens (tertiary/aromatic N) is 2.